The Morgan fingerprint density at radius 2 is 2.09 bits per heavy atom. The van der Waals surface area contributed by atoms with Gasteiger partial charge in [0.05, 0.1) is 25.6 Å². The van der Waals surface area contributed by atoms with E-state index in [4.69, 9.17) is 4.74 Å². The molecule has 1 aromatic carbocycles. The van der Waals surface area contributed by atoms with Crippen LogP contribution in [0.5, 0.6) is 5.75 Å². The molecule has 1 saturated carbocycles. The molecule has 3 heterocycles. The number of nitrogens with one attached hydrogen (secondary N) is 1. The molecule has 1 aliphatic carbocycles. The highest BCUT2D eigenvalue weighted by Gasteiger charge is 2.45. The average Bonchev–Trinajstić information content (AvgIpc) is 3.59. The highest BCUT2D eigenvalue weighted by Crippen LogP contribution is 2.51. The molecule has 172 valence electrons. The number of fused-ring (bicyclic) bond motifs is 1. The van der Waals surface area contributed by atoms with Gasteiger partial charge in [0.1, 0.15) is 16.8 Å². The van der Waals surface area contributed by atoms with Gasteiger partial charge >= 0.3 is 0 Å². The second-order valence-electron chi connectivity index (χ2n) is 8.56. The number of carbonyl (C=O) groups excluding carboxylic acids is 2. The SMILES string of the molecule is COc1ccccc1C1CC1C(=O)Nc1sc2c(c1C#N)CCN(C(=O)Cc1ccccn1)C2. The van der Waals surface area contributed by atoms with Gasteiger partial charge in [0, 0.05) is 29.2 Å². The topological polar surface area (TPSA) is 95.3 Å². The van der Waals surface area contributed by atoms with E-state index in [9.17, 15) is 14.9 Å². The molecule has 0 spiro atoms. The molecule has 1 N–H and O–H groups in total. The zero-order chi connectivity index (χ0) is 23.7. The predicted molar refractivity (Wildman–Crippen MR) is 129 cm³/mol. The maximum Gasteiger partial charge on any atom is 0.228 e. The number of benzene rings is 1. The van der Waals surface area contributed by atoms with Crippen LogP contribution in [0.1, 0.15) is 39.6 Å². The number of para-hydroxylation sites is 1. The minimum absolute atomic E-state index is 0.0134. The van der Waals surface area contributed by atoms with Crippen molar-refractivity contribution in [3.8, 4) is 11.8 Å². The number of nitrogens with zero attached hydrogens (tertiary/aromatic N) is 3. The summed E-state index contributed by atoms with van der Waals surface area (Å²) >= 11 is 1.40. The lowest BCUT2D eigenvalue weighted by atomic mass is 10.0. The van der Waals surface area contributed by atoms with Crippen LogP contribution in [0, 0.1) is 17.2 Å². The summed E-state index contributed by atoms with van der Waals surface area (Å²) in [7, 11) is 1.63. The van der Waals surface area contributed by atoms with Crippen LogP contribution in [0.3, 0.4) is 0 Å². The zero-order valence-electron chi connectivity index (χ0n) is 18.8. The fraction of sp³-hybridized carbons (Fsp3) is 0.308. The second kappa shape index (κ2) is 9.27. The number of amides is 2. The summed E-state index contributed by atoms with van der Waals surface area (Å²) in [5.74, 6) is 0.713. The van der Waals surface area contributed by atoms with Crippen LogP contribution in [0.4, 0.5) is 5.00 Å². The van der Waals surface area contributed by atoms with Gasteiger partial charge < -0.3 is 15.0 Å². The minimum Gasteiger partial charge on any atom is -0.496 e. The third-order valence-corrected chi connectivity index (χ3v) is 7.61. The van der Waals surface area contributed by atoms with Crippen molar-refractivity contribution >= 4 is 28.2 Å². The Morgan fingerprint density at radius 3 is 2.85 bits per heavy atom. The largest absolute Gasteiger partial charge is 0.496 e. The molecule has 2 aromatic heterocycles. The molecule has 5 rings (SSSR count). The fourth-order valence-electron chi connectivity index (χ4n) is 4.60. The van der Waals surface area contributed by atoms with Crippen LogP contribution in [0.2, 0.25) is 0 Å². The lowest BCUT2D eigenvalue weighted by molar-refractivity contribution is -0.131. The molecule has 0 radical (unpaired) electrons. The van der Waals surface area contributed by atoms with E-state index in [-0.39, 0.29) is 30.1 Å². The number of hydrogen-bond donors (Lipinski definition) is 1. The Labute approximate surface area is 202 Å². The molecule has 1 fully saturated rings. The Bertz CT molecular complexity index is 1280. The molecular formula is C26H24N4O3S. The first-order valence-corrected chi connectivity index (χ1v) is 12.1. The van der Waals surface area contributed by atoms with E-state index in [1.165, 1.54) is 11.3 Å². The van der Waals surface area contributed by atoms with Crippen LogP contribution in [-0.4, -0.2) is 35.4 Å². The highest BCUT2D eigenvalue weighted by molar-refractivity contribution is 7.16. The number of ether oxygens (including phenoxy) is 1. The molecule has 8 heteroatoms. The summed E-state index contributed by atoms with van der Waals surface area (Å²) in [6, 6.07) is 15.6. The second-order valence-corrected chi connectivity index (χ2v) is 9.67. The summed E-state index contributed by atoms with van der Waals surface area (Å²) in [4.78, 5) is 32.8. The van der Waals surface area contributed by atoms with Crippen molar-refractivity contribution in [2.45, 2.75) is 31.7 Å². The molecule has 2 amide bonds. The van der Waals surface area contributed by atoms with Crippen molar-refractivity contribution < 1.29 is 14.3 Å². The van der Waals surface area contributed by atoms with Crippen LogP contribution in [-0.2, 0) is 29.0 Å². The number of carbonyl (C=O) groups is 2. The monoisotopic (exact) mass is 472 g/mol. The van der Waals surface area contributed by atoms with E-state index in [0.29, 0.717) is 30.1 Å². The summed E-state index contributed by atoms with van der Waals surface area (Å²) < 4.78 is 5.44. The van der Waals surface area contributed by atoms with E-state index >= 15 is 0 Å². The molecule has 2 atom stereocenters. The van der Waals surface area contributed by atoms with E-state index in [1.54, 1.807) is 18.2 Å². The van der Waals surface area contributed by atoms with Gasteiger partial charge in [-0.15, -0.1) is 11.3 Å². The van der Waals surface area contributed by atoms with Crippen molar-refractivity contribution in [2.75, 3.05) is 19.0 Å². The summed E-state index contributed by atoms with van der Waals surface area (Å²) in [5.41, 5.74) is 3.25. The Balaban J connectivity index is 1.27. The number of hydrogen-bond acceptors (Lipinski definition) is 6. The number of aromatic nitrogens is 1. The van der Waals surface area contributed by atoms with Gasteiger partial charge in [0.15, 0.2) is 0 Å². The molecule has 34 heavy (non-hydrogen) atoms. The number of anilines is 1. The van der Waals surface area contributed by atoms with Crippen molar-refractivity contribution in [3.63, 3.8) is 0 Å². The Hall–Kier alpha value is -3.70. The van der Waals surface area contributed by atoms with Crippen molar-refractivity contribution in [2.24, 2.45) is 5.92 Å². The third kappa shape index (κ3) is 4.27. The number of rotatable bonds is 6. The number of thiophene rings is 1. The number of methoxy groups -OCH3 is 1. The molecule has 0 bridgehead atoms. The molecule has 1 aliphatic heterocycles. The van der Waals surface area contributed by atoms with Gasteiger partial charge in [-0.25, -0.2) is 0 Å². The molecule has 2 unspecified atom stereocenters. The number of pyridine rings is 1. The van der Waals surface area contributed by atoms with Gasteiger partial charge in [0.2, 0.25) is 11.8 Å². The van der Waals surface area contributed by atoms with Crippen LogP contribution in [0.25, 0.3) is 0 Å². The van der Waals surface area contributed by atoms with Crippen LogP contribution >= 0.6 is 11.3 Å². The molecule has 0 saturated heterocycles. The maximum absolute atomic E-state index is 13.0. The maximum atomic E-state index is 13.0. The first-order valence-electron chi connectivity index (χ1n) is 11.2. The Kier molecular flexibility index (Phi) is 6.03. The summed E-state index contributed by atoms with van der Waals surface area (Å²) in [5, 5.41) is 13.4. The molecular weight excluding hydrogens is 448 g/mol. The zero-order valence-corrected chi connectivity index (χ0v) is 19.6. The quantitative estimate of drug-likeness (QED) is 0.587. The summed E-state index contributed by atoms with van der Waals surface area (Å²) in [6.45, 7) is 0.999. The van der Waals surface area contributed by atoms with E-state index in [0.717, 1.165) is 33.9 Å². The van der Waals surface area contributed by atoms with E-state index in [2.05, 4.69) is 16.4 Å². The van der Waals surface area contributed by atoms with Crippen molar-refractivity contribution in [3.05, 3.63) is 75.9 Å². The van der Waals surface area contributed by atoms with Crippen LogP contribution < -0.4 is 10.1 Å². The van der Waals surface area contributed by atoms with E-state index < -0.39 is 0 Å². The number of nitriles is 1. The Morgan fingerprint density at radius 1 is 1.26 bits per heavy atom. The lowest BCUT2D eigenvalue weighted by Crippen LogP contribution is -2.36. The smallest absolute Gasteiger partial charge is 0.228 e. The van der Waals surface area contributed by atoms with Gasteiger partial charge in [-0.05, 0) is 48.1 Å². The fourth-order valence-corrected chi connectivity index (χ4v) is 5.81. The first kappa shape index (κ1) is 22.1. The summed E-state index contributed by atoms with van der Waals surface area (Å²) in [6.07, 6.45) is 3.30. The van der Waals surface area contributed by atoms with E-state index in [1.807, 2.05) is 42.5 Å². The predicted octanol–water partition coefficient (Wildman–Crippen LogP) is 3.89. The van der Waals surface area contributed by atoms with Gasteiger partial charge in [-0.3, -0.25) is 14.6 Å². The van der Waals surface area contributed by atoms with Crippen molar-refractivity contribution in [1.82, 2.24) is 9.88 Å². The van der Waals surface area contributed by atoms with Gasteiger partial charge in [0.25, 0.3) is 0 Å². The molecule has 7 nitrogen and oxygen atoms in total. The highest BCUT2D eigenvalue weighted by atomic mass is 32.1. The van der Waals surface area contributed by atoms with Gasteiger partial charge in [-0.2, -0.15) is 5.26 Å². The minimum atomic E-state index is -0.140. The van der Waals surface area contributed by atoms with Gasteiger partial charge in [-0.1, -0.05) is 24.3 Å². The standard InChI is InChI=1S/C26H24N4O3S/c1-33-22-8-3-2-7-17(22)19-13-20(19)25(32)29-26-21(14-27)18-9-11-30(15-23(18)34-26)24(31)12-16-6-4-5-10-28-16/h2-8,10,19-20H,9,11-13,15H2,1H3,(H,29,32). The normalized spacial score (nSPS) is 18.5. The van der Waals surface area contributed by atoms with Crippen molar-refractivity contribution in [1.29, 1.82) is 5.26 Å². The molecule has 3 aromatic rings. The average molecular weight is 473 g/mol. The van der Waals surface area contributed by atoms with Crippen LogP contribution in [0.15, 0.2) is 48.7 Å². The lowest BCUT2D eigenvalue weighted by Gasteiger charge is -2.27. The first-order chi connectivity index (χ1) is 16.6. The molecule has 2 aliphatic rings. The third-order valence-electron chi connectivity index (χ3n) is 6.48.